The molecule has 0 aliphatic carbocycles. The van der Waals surface area contributed by atoms with E-state index in [0.29, 0.717) is 34.9 Å². The molecule has 3 aromatic rings. The minimum Gasteiger partial charge on any atom is -0.493 e. The normalized spacial score (nSPS) is 13.8. The number of thioether (sulfide) groups is 1. The number of aryl methyl sites for hydroxylation is 1. The van der Waals surface area contributed by atoms with Crippen LogP contribution in [0, 0.1) is 12.3 Å². The first-order valence-electron chi connectivity index (χ1n) is 9.30. The van der Waals surface area contributed by atoms with Gasteiger partial charge in [0.05, 0.1) is 24.8 Å². The zero-order valence-electron chi connectivity index (χ0n) is 16.9. The van der Waals surface area contributed by atoms with Crippen molar-refractivity contribution in [1.82, 2.24) is 10.1 Å². The minimum atomic E-state index is -0.348. The predicted molar refractivity (Wildman–Crippen MR) is 115 cm³/mol. The second-order valence-electron chi connectivity index (χ2n) is 6.68. The third kappa shape index (κ3) is 4.12. The lowest BCUT2D eigenvalue weighted by molar-refractivity contribution is -0.0180. The summed E-state index contributed by atoms with van der Waals surface area (Å²) in [5.74, 6) is 2.40. The highest BCUT2D eigenvalue weighted by Crippen LogP contribution is 2.38. The largest absolute Gasteiger partial charge is 0.493 e. The molecule has 1 aliphatic rings. The van der Waals surface area contributed by atoms with Gasteiger partial charge in [-0.25, -0.2) is 0 Å². The summed E-state index contributed by atoms with van der Waals surface area (Å²) in [5, 5.41) is 16.4. The zero-order chi connectivity index (χ0) is 21.1. The maximum atomic E-state index is 8.49. The Morgan fingerprint density at radius 2 is 2.07 bits per heavy atom. The summed E-state index contributed by atoms with van der Waals surface area (Å²) in [6.07, 6.45) is 1.89. The van der Waals surface area contributed by atoms with Gasteiger partial charge in [0.25, 0.3) is 0 Å². The van der Waals surface area contributed by atoms with E-state index >= 15 is 0 Å². The van der Waals surface area contributed by atoms with E-state index in [-0.39, 0.29) is 12.8 Å². The van der Waals surface area contributed by atoms with E-state index in [1.54, 1.807) is 14.0 Å². The van der Waals surface area contributed by atoms with Gasteiger partial charge in [0.1, 0.15) is 0 Å². The van der Waals surface area contributed by atoms with Gasteiger partial charge < -0.3 is 24.1 Å². The first-order chi connectivity index (χ1) is 14.6. The van der Waals surface area contributed by atoms with Gasteiger partial charge >= 0.3 is 0 Å². The fourth-order valence-corrected chi connectivity index (χ4v) is 3.67. The standard InChI is InChI=1S/C21H22N4O4S/c1-12-23-21(25-29-12)13-4-6-16(7-5-13)24-18(20(22)30-3)14-8-15-10-27-11-28-19(15)17(9-14)26-2/h4-9,18,22,24H,10-11H2,1-3H3. The van der Waals surface area contributed by atoms with E-state index in [1.165, 1.54) is 11.8 Å². The average molecular weight is 426 g/mol. The molecule has 0 saturated heterocycles. The molecule has 2 N–H and O–H groups in total. The van der Waals surface area contributed by atoms with Gasteiger partial charge in [-0.3, -0.25) is 5.41 Å². The molecule has 0 radical (unpaired) electrons. The highest BCUT2D eigenvalue weighted by atomic mass is 32.2. The van der Waals surface area contributed by atoms with E-state index in [2.05, 4.69) is 15.5 Å². The molecule has 9 heteroatoms. The summed E-state index contributed by atoms with van der Waals surface area (Å²) in [6, 6.07) is 11.3. The number of nitrogens with zero attached hydrogens (tertiary/aromatic N) is 2. The van der Waals surface area contributed by atoms with Gasteiger partial charge in [-0.05, 0) is 48.2 Å². The van der Waals surface area contributed by atoms with E-state index in [1.807, 2.05) is 42.7 Å². The van der Waals surface area contributed by atoms with Crippen molar-refractivity contribution < 1.29 is 18.7 Å². The molecule has 0 saturated carbocycles. The van der Waals surface area contributed by atoms with E-state index in [9.17, 15) is 0 Å². The van der Waals surface area contributed by atoms with Crippen LogP contribution in [0.15, 0.2) is 40.9 Å². The molecule has 8 nitrogen and oxygen atoms in total. The van der Waals surface area contributed by atoms with Crippen LogP contribution in [0.3, 0.4) is 0 Å². The van der Waals surface area contributed by atoms with E-state index < -0.39 is 0 Å². The van der Waals surface area contributed by atoms with Gasteiger partial charge in [-0.15, -0.1) is 11.8 Å². The summed E-state index contributed by atoms with van der Waals surface area (Å²) < 4.78 is 21.6. The van der Waals surface area contributed by atoms with Crippen LogP contribution in [0.4, 0.5) is 5.69 Å². The highest BCUT2D eigenvalue weighted by molar-refractivity contribution is 8.13. The van der Waals surface area contributed by atoms with Crippen LogP contribution >= 0.6 is 11.8 Å². The second kappa shape index (κ2) is 8.76. The Morgan fingerprint density at radius 1 is 1.27 bits per heavy atom. The molecule has 0 fully saturated rings. The van der Waals surface area contributed by atoms with Crippen molar-refractivity contribution >= 4 is 22.5 Å². The number of hydrogen-bond acceptors (Lipinski definition) is 9. The molecular formula is C21H22N4O4S. The Bertz CT molecular complexity index is 1030. The number of methoxy groups -OCH3 is 1. The topological polar surface area (TPSA) is 102 Å². The summed E-state index contributed by atoms with van der Waals surface area (Å²) >= 11 is 1.39. The van der Waals surface area contributed by atoms with Crippen LogP contribution in [0.25, 0.3) is 11.4 Å². The lowest BCUT2D eigenvalue weighted by atomic mass is 10.0. The molecule has 2 heterocycles. The summed E-state index contributed by atoms with van der Waals surface area (Å²) in [7, 11) is 1.61. The summed E-state index contributed by atoms with van der Waals surface area (Å²) in [6.45, 7) is 2.41. The molecule has 1 aromatic heterocycles. The Morgan fingerprint density at radius 3 is 2.73 bits per heavy atom. The number of benzene rings is 2. The van der Waals surface area contributed by atoms with Crippen molar-refractivity contribution in [2.75, 3.05) is 25.5 Å². The third-order valence-corrected chi connectivity index (χ3v) is 5.39. The Kier molecular flexibility index (Phi) is 5.91. The molecule has 1 aliphatic heterocycles. The van der Waals surface area contributed by atoms with E-state index in [0.717, 1.165) is 22.4 Å². The average Bonchev–Trinajstić information content (AvgIpc) is 3.22. The molecular weight excluding hydrogens is 404 g/mol. The van der Waals surface area contributed by atoms with Gasteiger partial charge in [0.2, 0.25) is 11.7 Å². The number of rotatable bonds is 6. The Labute approximate surface area is 178 Å². The quantitative estimate of drug-likeness (QED) is 0.441. The highest BCUT2D eigenvalue weighted by Gasteiger charge is 2.23. The molecule has 1 atom stereocenters. The molecule has 30 heavy (non-hydrogen) atoms. The number of anilines is 1. The number of nitrogens with one attached hydrogen (secondary N) is 2. The van der Waals surface area contributed by atoms with Crippen LogP contribution in [-0.2, 0) is 11.3 Å². The van der Waals surface area contributed by atoms with Crippen LogP contribution < -0.4 is 14.8 Å². The molecule has 0 spiro atoms. The minimum absolute atomic E-state index is 0.206. The second-order valence-corrected chi connectivity index (χ2v) is 7.53. The smallest absolute Gasteiger partial charge is 0.223 e. The molecule has 0 bridgehead atoms. The first kappa shape index (κ1) is 20.2. The maximum Gasteiger partial charge on any atom is 0.223 e. The molecule has 0 amide bonds. The Hall–Kier alpha value is -3.04. The molecule has 4 rings (SSSR count). The first-order valence-corrected chi connectivity index (χ1v) is 10.5. The lowest BCUT2D eigenvalue weighted by Crippen LogP contribution is -2.20. The lowest BCUT2D eigenvalue weighted by Gasteiger charge is -2.25. The number of hydrogen-bond donors (Lipinski definition) is 2. The SMILES string of the molecule is COc1cc(C(Nc2ccc(-c3noc(C)n3)cc2)C(=N)SC)cc2c1OCOC2. The van der Waals surface area contributed by atoms with Crippen LogP contribution in [0.2, 0.25) is 0 Å². The third-order valence-electron chi connectivity index (χ3n) is 4.72. The number of aromatic nitrogens is 2. The maximum absolute atomic E-state index is 8.49. The summed E-state index contributed by atoms with van der Waals surface area (Å²) in [5.41, 5.74) is 3.53. The van der Waals surface area contributed by atoms with Crippen LogP contribution in [0.5, 0.6) is 11.5 Å². The fourth-order valence-electron chi connectivity index (χ4n) is 3.24. The van der Waals surface area contributed by atoms with Crippen molar-refractivity contribution in [3.63, 3.8) is 0 Å². The number of fused-ring (bicyclic) bond motifs is 1. The number of ether oxygens (including phenoxy) is 3. The van der Waals surface area contributed by atoms with Crippen LogP contribution in [0.1, 0.15) is 23.1 Å². The van der Waals surface area contributed by atoms with Gasteiger partial charge in [0.15, 0.2) is 18.3 Å². The predicted octanol–water partition coefficient (Wildman–Crippen LogP) is 4.41. The van der Waals surface area contributed by atoms with Crippen molar-refractivity contribution in [2.24, 2.45) is 0 Å². The van der Waals surface area contributed by atoms with Crippen molar-refractivity contribution in [2.45, 2.75) is 19.6 Å². The summed E-state index contributed by atoms with van der Waals surface area (Å²) in [4.78, 5) is 4.25. The van der Waals surface area contributed by atoms with Gasteiger partial charge in [0, 0.05) is 23.7 Å². The van der Waals surface area contributed by atoms with Crippen molar-refractivity contribution in [3.05, 3.63) is 53.4 Å². The molecule has 2 aromatic carbocycles. The fraction of sp³-hybridized carbons (Fsp3) is 0.286. The van der Waals surface area contributed by atoms with E-state index in [4.69, 9.17) is 24.1 Å². The zero-order valence-corrected chi connectivity index (χ0v) is 17.7. The van der Waals surface area contributed by atoms with Gasteiger partial charge in [-0.2, -0.15) is 4.98 Å². The van der Waals surface area contributed by atoms with Crippen molar-refractivity contribution in [3.8, 4) is 22.9 Å². The van der Waals surface area contributed by atoms with Gasteiger partial charge in [-0.1, -0.05) is 5.16 Å². The monoisotopic (exact) mass is 426 g/mol. The molecule has 156 valence electrons. The Balaban J connectivity index is 1.63. The van der Waals surface area contributed by atoms with Crippen molar-refractivity contribution in [1.29, 1.82) is 5.41 Å². The molecule has 1 unspecified atom stereocenters. The van der Waals surface area contributed by atoms with Crippen LogP contribution in [-0.4, -0.2) is 35.3 Å².